The first-order chi connectivity index (χ1) is 7.04. The summed E-state index contributed by atoms with van der Waals surface area (Å²) in [6, 6.07) is 0. The SMILES string of the molecule is CC(C)(C)N(CCO)CCN1CCCC1. The zero-order chi connectivity index (χ0) is 11.3. The average molecular weight is 214 g/mol. The lowest BCUT2D eigenvalue weighted by Crippen LogP contribution is -2.46. The molecule has 0 atom stereocenters. The second kappa shape index (κ2) is 5.83. The summed E-state index contributed by atoms with van der Waals surface area (Å²) in [5, 5.41) is 9.04. The molecule has 0 amide bonds. The number of β-amino-alcohol motifs (C(OH)–C–C–N with tert-alkyl or cyclic N) is 1. The summed E-state index contributed by atoms with van der Waals surface area (Å²) < 4.78 is 0. The van der Waals surface area contributed by atoms with Gasteiger partial charge in [0, 0.05) is 25.2 Å². The maximum atomic E-state index is 9.04. The van der Waals surface area contributed by atoms with Crippen molar-refractivity contribution in [3.8, 4) is 0 Å². The van der Waals surface area contributed by atoms with Gasteiger partial charge in [0.05, 0.1) is 6.61 Å². The molecule has 90 valence electrons. The van der Waals surface area contributed by atoms with E-state index >= 15 is 0 Å². The molecule has 15 heavy (non-hydrogen) atoms. The lowest BCUT2D eigenvalue weighted by atomic mass is 10.1. The van der Waals surface area contributed by atoms with E-state index in [0.717, 1.165) is 19.6 Å². The largest absolute Gasteiger partial charge is 0.395 e. The van der Waals surface area contributed by atoms with Crippen LogP contribution in [0.5, 0.6) is 0 Å². The summed E-state index contributed by atoms with van der Waals surface area (Å²) in [6.45, 7) is 12.4. The molecule has 1 heterocycles. The van der Waals surface area contributed by atoms with Crippen molar-refractivity contribution in [2.75, 3.05) is 39.3 Å². The molecule has 0 bridgehead atoms. The van der Waals surface area contributed by atoms with Gasteiger partial charge in [0.1, 0.15) is 0 Å². The van der Waals surface area contributed by atoms with E-state index in [1.54, 1.807) is 0 Å². The molecule has 0 spiro atoms. The molecule has 0 aromatic heterocycles. The maximum absolute atomic E-state index is 9.04. The van der Waals surface area contributed by atoms with Crippen molar-refractivity contribution in [2.45, 2.75) is 39.2 Å². The highest BCUT2D eigenvalue weighted by molar-refractivity contribution is 4.78. The third-order valence-electron chi connectivity index (χ3n) is 3.20. The van der Waals surface area contributed by atoms with Crippen LogP contribution in [-0.2, 0) is 0 Å². The second-order valence-electron chi connectivity index (χ2n) is 5.43. The Morgan fingerprint density at radius 2 is 1.73 bits per heavy atom. The quantitative estimate of drug-likeness (QED) is 0.744. The molecule has 1 rings (SSSR count). The van der Waals surface area contributed by atoms with E-state index in [9.17, 15) is 0 Å². The van der Waals surface area contributed by atoms with Crippen LogP contribution in [0.3, 0.4) is 0 Å². The molecule has 0 saturated carbocycles. The predicted octanol–water partition coefficient (Wildman–Crippen LogP) is 1.18. The van der Waals surface area contributed by atoms with E-state index in [4.69, 9.17) is 5.11 Å². The lowest BCUT2D eigenvalue weighted by molar-refractivity contribution is 0.0946. The van der Waals surface area contributed by atoms with Gasteiger partial charge in [0.15, 0.2) is 0 Å². The predicted molar refractivity (Wildman–Crippen MR) is 64.1 cm³/mol. The number of aliphatic hydroxyl groups is 1. The van der Waals surface area contributed by atoms with E-state index in [1.807, 2.05) is 0 Å². The first-order valence-corrected chi connectivity index (χ1v) is 6.12. The first-order valence-electron chi connectivity index (χ1n) is 6.12. The van der Waals surface area contributed by atoms with Crippen molar-refractivity contribution < 1.29 is 5.11 Å². The van der Waals surface area contributed by atoms with Crippen molar-refractivity contribution >= 4 is 0 Å². The molecule has 1 N–H and O–H groups in total. The normalized spacial score (nSPS) is 19.0. The number of hydrogen-bond donors (Lipinski definition) is 1. The highest BCUT2D eigenvalue weighted by atomic mass is 16.3. The minimum absolute atomic E-state index is 0.169. The van der Waals surface area contributed by atoms with E-state index in [1.165, 1.54) is 25.9 Å². The van der Waals surface area contributed by atoms with Gasteiger partial charge in [0.25, 0.3) is 0 Å². The van der Waals surface area contributed by atoms with E-state index in [0.29, 0.717) is 0 Å². The molecule has 1 fully saturated rings. The Labute approximate surface area is 94.1 Å². The fourth-order valence-corrected chi connectivity index (χ4v) is 2.17. The molecule has 0 aromatic carbocycles. The molecule has 0 unspecified atom stereocenters. The molecule has 3 heteroatoms. The Balaban J connectivity index is 2.30. The van der Waals surface area contributed by atoms with Crippen LogP contribution in [0.4, 0.5) is 0 Å². The van der Waals surface area contributed by atoms with Crippen molar-refractivity contribution in [1.29, 1.82) is 0 Å². The topological polar surface area (TPSA) is 26.7 Å². The summed E-state index contributed by atoms with van der Waals surface area (Å²) in [5.41, 5.74) is 0.169. The third-order valence-corrected chi connectivity index (χ3v) is 3.20. The zero-order valence-corrected chi connectivity index (χ0v) is 10.5. The van der Waals surface area contributed by atoms with Crippen molar-refractivity contribution in [1.82, 2.24) is 9.80 Å². The Morgan fingerprint density at radius 3 is 2.20 bits per heavy atom. The molecule has 1 saturated heterocycles. The van der Waals surface area contributed by atoms with Crippen molar-refractivity contribution in [3.63, 3.8) is 0 Å². The maximum Gasteiger partial charge on any atom is 0.0558 e. The Bertz CT molecular complexity index is 171. The second-order valence-corrected chi connectivity index (χ2v) is 5.43. The number of rotatable bonds is 5. The van der Waals surface area contributed by atoms with Gasteiger partial charge in [-0.1, -0.05) is 0 Å². The molecule has 3 nitrogen and oxygen atoms in total. The molecule has 0 aliphatic carbocycles. The van der Waals surface area contributed by atoms with Gasteiger partial charge in [-0.25, -0.2) is 0 Å². The highest BCUT2D eigenvalue weighted by Gasteiger charge is 2.21. The summed E-state index contributed by atoms with van der Waals surface area (Å²) in [6.07, 6.45) is 2.71. The van der Waals surface area contributed by atoms with Gasteiger partial charge in [0.2, 0.25) is 0 Å². The third kappa shape index (κ3) is 4.49. The minimum atomic E-state index is 0.169. The monoisotopic (exact) mass is 214 g/mol. The molecule has 0 aromatic rings. The fourth-order valence-electron chi connectivity index (χ4n) is 2.17. The van der Waals surface area contributed by atoms with E-state index in [2.05, 4.69) is 30.6 Å². The number of aliphatic hydroxyl groups excluding tert-OH is 1. The van der Waals surface area contributed by atoms with E-state index in [-0.39, 0.29) is 12.1 Å². The standard InChI is InChI=1S/C12H26N2O/c1-12(2,3)14(10-11-15)9-8-13-6-4-5-7-13/h15H,4-11H2,1-3H3. The Morgan fingerprint density at radius 1 is 1.13 bits per heavy atom. The number of hydrogen-bond acceptors (Lipinski definition) is 3. The van der Waals surface area contributed by atoms with Crippen LogP contribution in [0.1, 0.15) is 33.6 Å². The smallest absolute Gasteiger partial charge is 0.0558 e. The van der Waals surface area contributed by atoms with Crippen LogP contribution in [0, 0.1) is 0 Å². The molecule has 1 aliphatic heterocycles. The first kappa shape index (κ1) is 12.9. The van der Waals surface area contributed by atoms with Crippen LogP contribution < -0.4 is 0 Å². The molecule has 1 aliphatic rings. The molecular weight excluding hydrogens is 188 g/mol. The Hall–Kier alpha value is -0.120. The van der Waals surface area contributed by atoms with Crippen molar-refractivity contribution in [2.24, 2.45) is 0 Å². The number of likely N-dealkylation sites (tertiary alicyclic amines) is 1. The van der Waals surface area contributed by atoms with Gasteiger partial charge in [-0.15, -0.1) is 0 Å². The summed E-state index contributed by atoms with van der Waals surface area (Å²) in [5.74, 6) is 0. The number of nitrogens with zero attached hydrogens (tertiary/aromatic N) is 2. The van der Waals surface area contributed by atoms with Crippen LogP contribution in [-0.4, -0.2) is 59.8 Å². The van der Waals surface area contributed by atoms with Crippen molar-refractivity contribution in [3.05, 3.63) is 0 Å². The summed E-state index contributed by atoms with van der Waals surface area (Å²) in [7, 11) is 0. The minimum Gasteiger partial charge on any atom is -0.395 e. The summed E-state index contributed by atoms with van der Waals surface area (Å²) in [4.78, 5) is 4.89. The fraction of sp³-hybridized carbons (Fsp3) is 1.00. The van der Waals surface area contributed by atoms with Gasteiger partial charge < -0.3 is 10.0 Å². The van der Waals surface area contributed by atoms with Gasteiger partial charge >= 0.3 is 0 Å². The van der Waals surface area contributed by atoms with Gasteiger partial charge in [-0.2, -0.15) is 0 Å². The van der Waals surface area contributed by atoms with Gasteiger partial charge in [-0.3, -0.25) is 4.90 Å². The Kier molecular flexibility index (Phi) is 5.03. The zero-order valence-electron chi connectivity index (χ0n) is 10.5. The highest BCUT2D eigenvalue weighted by Crippen LogP contribution is 2.13. The average Bonchev–Trinajstić information content (AvgIpc) is 2.62. The summed E-state index contributed by atoms with van der Waals surface area (Å²) >= 11 is 0. The van der Waals surface area contributed by atoms with Gasteiger partial charge in [-0.05, 0) is 46.7 Å². The lowest BCUT2D eigenvalue weighted by Gasteiger charge is -2.36. The van der Waals surface area contributed by atoms with Crippen LogP contribution in [0.2, 0.25) is 0 Å². The molecular formula is C12H26N2O. The van der Waals surface area contributed by atoms with Crippen LogP contribution in [0.25, 0.3) is 0 Å². The van der Waals surface area contributed by atoms with E-state index < -0.39 is 0 Å². The van der Waals surface area contributed by atoms with Crippen LogP contribution in [0.15, 0.2) is 0 Å². The van der Waals surface area contributed by atoms with Crippen LogP contribution >= 0.6 is 0 Å². The molecule has 0 radical (unpaired) electrons.